The van der Waals surface area contributed by atoms with Crippen LogP contribution in [-0.4, -0.2) is 31.0 Å². The van der Waals surface area contributed by atoms with Crippen molar-refractivity contribution in [2.45, 2.75) is 32.4 Å². The van der Waals surface area contributed by atoms with Gasteiger partial charge in [-0.15, -0.1) is 12.4 Å². The van der Waals surface area contributed by atoms with Crippen molar-refractivity contribution >= 4 is 33.7 Å². The Morgan fingerprint density at radius 3 is 2.00 bits per heavy atom. The third kappa shape index (κ3) is 6.45. The van der Waals surface area contributed by atoms with Gasteiger partial charge in [-0.05, 0) is 20.8 Å². The number of esters is 1. The third-order valence-electron chi connectivity index (χ3n) is 1.16. The topological polar surface area (TPSA) is 112 Å². The lowest BCUT2D eigenvalue weighted by atomic mass is 10.2. The summed E-state index contributed by atoms with van der Waals surface area (Å²) in [7, 11) is -2.67. The molecule has 0 aliphatic rings. The van der Waals surface area contributed by atoms with Crippen molar-refractivity contribution < 1.29 is 17.9 Å². The number of nitrogens with two attached hydrogens (primary N) is 2. The smallest absolute Gasteiger partial charge is 0.330 e. The van der Waals surface area contributed by atoms with Crippen LogP contribution >= 0.6 is 12.4 Å². The molecule has 8 heteroatoms. The highest BCUT2D eigenvalue weighted by Crippen LogP contribution is 2.07. The maximum atomic E-state index is 11.2. The van der Waals surface area contributed by atoms with E-state index in [-0.39, 0.29) is 12.4 Å². The highest BCUT2D eigenvalue weighted by Gasteiger charge is 2.25. The molecule has 0 aliphatic carbocycles. The van der Waals surface area contributed by atoms with Crippen LogP contribution in [0.1, 0.15) is 20.8 Å². The number of rotatable bonds is 2. The minimum Gasteiger partial charge on any atom is -0.458 e. The van der Waals surface area contributed by atoms with E-state index in [1.54, 1.807) is 20.8 Å². The van der Waals surface area contributed by atoms with Crippen LogP contribution in [0.2, 0.25) is 0 Å². The maximum Gasteiger partial charge on any atom is 0.330 e. The molecule has 0 fully saturated rings. The van der Waals surface area contributed by atoms with Gasteiger partial charge in [-0.25, -0.2) is 4.79 Å². The van der Waals surface area contributed by atoms with Crippen LogP contribution in [0.15, 0.2) is 0 Å². The molecule has 0 bridgehead atoms. The minimum absolute atomic E-state index is 0. The zero-order chi connectivity index (χ0) is 11.5. The lowest BCUT2D eigenvalue weighted by molar-refractivity contribution is -0.154. The van der Waals surface area contributed by atoms with E-state index < -0.39 is 32.9 Å². The molecule has 0 saturated carbocycles. The first kappa shape index (κ1) is 16.8. The first-order valence-electron chi connectivity index (χ1n) is 3.85. The summed E-state index contributed by atoms with van der Waals surface area (Å²) in [6.45, 7) is 4.92. The average Bonchev–Trinajstić information content (AvgIpc) is 1.98. The summed E-state index contributed by atoms with van der Waals surface area (Å²) in [5.74, 6) is -0.862. The van der Waals surface area contributed by atoms with Crippen LogP contribution in [-0.2, 0) is 19.8 Å². The fourth-order valence-corrected chi connectivity index (χ4v) is 0.889. The number of halogens is 1. The number of hydrogen-bond acceptors (Lipinski definition) is 5. The third-order valence-corrected chi connectivity index (χ3v) is 1.80. The molecule has 0 heterocycles. The zero-order valence-corrected chi connectivity index (χ0v) is 10.3. The molecule has 0 aromatic rings. The first-order chi connectivity index (χ1) is 6.15. The monoisotopic (exact) mass is 258 g/mol. The van der Waals surface area contributed by atoms with Gasteiger partial charge in [0.05, 0.1) is 0 Å². The van der Waals surface area contributed by atoms with Crippen LogP contribution in [0.4, 0.5) is 0 Å². The summed E-state index contributed by atoms with van der Waals surface area (Å²) in [6, 6.07) is -1.44. The molecule has 0 aliphatic heterocycles. The summed E-state index contributed by atoms with van der Waals surface area (Å²) >= 11 is 0. The SMILES string of the molecule is CC(C)(C)OC(=O)C(N)C(N)=S(=O)=O.Cl. The second-order valence-corrected chi connectivity index (χ2v) is 4.59. The van der Waals surface area contributed by atoms with Gasteiger partial charge < -0.3 is 10.5 Å². The van der Waals surface area contributed by atoms with E-state index in [0.717, 1.165) is 0 Å². The Morgan fingerprint density at radius 1 is 1.33 bits per heavy atom. The average molecular weight is 259 g/mol. The Labute approximate surface area is 95.9 Å². The number of ether oxygens (including phenoxy) is 1. The molecule has 0 saturated heterocycles. The quantitative estimate of drug-likeness (QED) is 0.488. The molecular formula is C7H15ClN2O4S. The lowest BCUT2D eigenvalue weighted by Gasteiger charge is -2.21. The molecule has 0 aromatic carbocycles. The van der Waals surface area contributed by atoms with E-state index in [4.69, 9.17) is 16.2 Å². The number of carbonyl (C=O) groups is 1. The molecule has 0 radical (unpaired) electrons. The first-order valence-corrected chi connectivity index (χ1v) is 4.92. The summed E-state index contributed by atoms with van der Waals surface area (Å²) in [5, 5.41) is 0. The van der Waals surface area contributed by atoms with Gasteiger partial charge in [0.2, 0.25) is 10.3 Å². The highest BCUT2D eigenvalue weighted by atomic mass is 35.5. The molecular weight excluding hydrogens is 244 g/mol. The van der Waals surface area contributed by atoms with Crippen molar-refractivity contribution in [2.75, 3.05) is 0 Å². The van der Waals surface area contributed by atoms with E-state index in [2.05, 4.69) is 0 Å². The molecule has 0 amide bonds. The van der Waals surface area contributed by atoms with Crippen molar-refractivity contribution in [1.82, 2.24) is 0 Å². The van der Waals surface area contributed by atoms with Crippen molar-refractivity contribution in [3.8, 4) is 0 Å². The van der Waals surface area contributed by atoms with Gasteiger partial charge >= 0.3 is 5.97 Å². The molecule has 90 valence electrons. The van der Waals surface area contributed by atoms with Gasteiger partial charge in [-0.2, -0.15) is 8.42 Å². The predicted molar refractivity (Wildman–Crippen MR) is 59.2 cm³/mol. The molecule has 0 aromatic heterocycles. The van der Waals surface area contributed by atoms with Crippen molar-refractivity contribution in [3.05, 3.63) is 0 Å². The Kier molecular flexibility index (Phi) is 6.78. The second-order valence-electron chi connectivity index (χ2n) is 3.65. The zero-order valence-electron chi connectivity index (χ0n) is 8.68. The van der Waals surface area contributed by atoms with Gasteiger partial charge in [-0.3, -0.25) is 5.73 Å². The minimum atomic E-state index is -2.67. The van der Waals surface area contributed by atoms with Gasteiger partial charge in [0.15, 0.2) is 6.04 Å². The van der Waals surface area contributed by atoms with Gasteiger partial charge in [-0.1, -0.05) is 0 Å². The lowest BCUT2D eigenvalue weighted by Crippen LogP contribution is -2.46. The van der Waals surface area contributed by atoms with E-state index in [0.29, 0.717) is 0 Å². The van der Waals surface area contributed by atoms with Crippen LogP contribution in [0.5, 0.6) is 0 Å². The van der Waals surface area contributed by atoms with Crippen molar-refractivity contribution in [2.24, 2.45) is 11.5 Å². The molecule has 0 spiro atoms. The van der Waals surface area contributed by atoms with E-state index >= 15 is 0 Å². The normalized spacial score (nSPS) is 12.3. The fourth-order valence-electron chi connectivity index (χ4n) is 0.585. The maximum absolute atomic E-state index is 11.2. The van der Waals surface area contributed by atoms with Crippen LogP contribution in [0, 0.1) is 0 Å². The highest BCUT2D eigenvalue weighted by molar-refractivity contribution is 7.73. The standard InChI is InChI=1S/C7H14N2O4S.ClH/c1-7(2,3)13-6(10)4(8)5(9)14(11)12;/h4H,8-9H2,1-3H3;1H. The summed E-state index contributed by atoms with van der Waals surface area (Å²) in [4.78, 5) is 10.6. The Hall–Kier alpha value is -0.630. The van der Waals surface area contributed by atoms with Crippen LogP contribution in [0.25, 0.3) is 0 Å². The molecule has 4 N–H and O–H groups in total. The fraction of sp³-hybridized carbons (Fsp3) is 0.714. The summed E-state index contributed by atoms with van der Waals surface area (Å²) in [5.41, 5.74) is 9.57. The van der Waals surface area contributed by atoms with Gasteiger partial charge in [0, 0.05) is 0 Å². The molecule has 1 unspecified atom stereocenters. The summed E-state index contributed by atoms with van der Waals surface area (Å²) < 4.78 is 25.6. The summed E-state index contributed by atoms with van der Waals surface area (Å²) in [6.07, 6.45) is 0. The molecule has 1 atom stereocenters. The number of carbonyl (C=O) groups excluding carboxylic acids is 1. The van der Waals surface area contributed by atoms with E-state index in [1.165, 1.54) is 0 Å². The van der Waals surface area contributed by atoms with Crippen molar-refractivity contribution in [3.63, 3.8) is 0 Å². The van der Waals surface area contributed by atoms with Crippen molar-refractivity contribution in [1.29, 1.82) is 0 Å². The molecule has 15 heavy (non-hydrogen) atoms. The second kappa shape index (κ2) is 6.06. The molecule has 6 nitrogen and oxygen atoms in total. The number of hydrogen-bond donors (Lipinski definition) is 2. The van der Waals surface area contributed by atoms with Crippen LogP contribution in [0.3, 0.4) is 0 Å². The Bertz CT molecular complexity index is 350. The van der Waals surface area contributed by atoms with E-state index in [9.17, 15) is 13.2 Å². The van der Waals surface area contributed by atoms with Gasteiger partial charge in [0.25, 0.3) is 0 Å². The molecule has 0 rings (SSSR count). The van der Waals surface area contributed by atoms with E-state index in [1.807, 2.05) is 0 Å². The Morgan fingerprint density at radius 2 is 1.73 bits per heavy atom. The predicted octanol–water partition coefficient (Wildman–Crippen LogP) is -0.955. The van der Waals surface area contributed by atoms with Gasteiger partial charge in [0.1, 0.15) is 10.6 Å². The van der Waals surface area contributed by atoms with Crippen LogP contribution < -0.4 is 11.5 Å². The Balaban J connectivity index is 0. The largest absolute Gasteiger partial charge is 0.458 e.